The Bertz CT molecular complexity index is 1220. The molecule has 0 saturated heterocycles. The highest BCUT2D eigenvalue weighted by Crippen LogP contribution is 2.55. The van der Waals surface area contributed by atoms with Gasteiger partial charge in [-0.1, -0.05) is 72.7 Å². The van der Waals surface area contributed by atoms with E-state index in [1.807, 2.05) is 6.20 Å². The van der Waals surface area contributed by atoms with Gasteiger partial charge in [0.15, 0.2) is 0 Å². The van der Waals surface area contributed by atoms with Crippen molar-refractivity contribution in [3.63, 3.8) is 0 Å². The zero-order chi connectivity index (χ0) is 21.0. The second-order valence-corrected chi connectivity index (χ2v) is 9.42. The van der Waals surface area contributed by atoms with Crippen molar-refractivity contribution >= 4 is 0 Å². The molecule has 4 heteroatoms. The van der Waals surface area contributed by atoms with Gasteiger partial charge in [-0.3, -0.25) is 4.68 Å². The first-order chi connectivity index (χ1) is 15.1. The molecule has 0 fully saturated rings. The highest BCUT2D eigenvalue weighted by molar-refractivity contribution is 5.66. The molecule has 4 nitrogen and oxygen atoms in total. The fourth-order valence-corrected chi connectivity index (χ4v) is 6.26. The Hall–Kier alpha value is -3.14. The zero-order valence-corrected chi connectivity index (χ0v) is 18.1. The van der Waals surface area contributed by atoms with E-state index in [0.717, 1.165) is 31.4 Å². The molecule has 0 bridgehead atoms. The second kappa shape index (κ2) is 6.94. The van der Waals surface area contributed by atoms with Gasteiger partial charge in [-0.15, -0.1) is 0 Å². The molecule has 0 saturated carbocycles. The molecule has 0 radical (unpaired) electrons. The number of hydrogen-bond acceptors (Lipinski definition) is 3. The van der Waals surface area contributed by atoms with Crippen LogP contribution in [-0.2, 0) is 31.7 Å². The minimum atomic E-state index is -0.0175. The summed E-state index contributed by atoms with van der Waals surface area (Å²) in [7, 11) is 2.09. The van der Waals surface area contributed by atoms with Crippen molar-refractivity contribution < 1.29 is 4.52 Å². The molecule has 156 valence electrons. The van der Waals surface area contributed by atoms with Gasteiger partial charge in [0.2, 0.25) is 0 Å². The Balaban J connectivity index is 1.47. The highest BCUT2D eigenvalue weighted by Gasteiger charge is 2.52. The molecule has 0 spiro atoms. The lowest BCUT2D eigenvalue weighted by atomic mass is 9.55. The van der Waals surface area contributed by atoms with E-state index in [4.69, 9.17) is 9.62 Å². The molecule has 2 aromatic heterocycles. The van der Waals surface area contributed by atoms with E-state index < -0.39 is 0 Å². The molecule has 0 unspecified atom stereocenters. The summed E-state index contributed by atoms with van der Waals surface area (Å²) in [5, 5.41) is 9.36. The van der Waals surface area contributed by atoms with Gasteiger partial charge in [0.25, 0.3) is 0 Å². The molecular formula is C27H27N3O. The van der Waals surface area contributed by atoms with Gasteiger partial charge in [0.05, 0.1) is 17.6 Å². The Labute approximate surface area is 182 Å². The molecule has 0 aliphatic heterocycles. The molecule has 2 aliphatic rings. The summed E-state index contributed by atoms with van der Waals surface area (Å²) in [6.07, 6.45) is 6.07. The smallest absolute Gasteiger partial charge is 0.143 e. The average molecular weight is 410 g/mol. The number of hydrogen-bond donors (Lipinski definition) is 0. The SMILES string of the molecule is Cn1nc2c(c1-c1ccccc1)CC[C@H]1[C@H](Cc3ccccc3)c3oncc3C[C@]21C. The summed E-state index contributed by atoms with van der Waals surface area (Å²) in [5.41, 5.74) is 7.81. The maximum atomic E-state index is 5.85. The first kappa shape index (κ1) is 18.6. The van der Waals surface area contributed by atoms with E-state index in [-0.39, 0.29) is 5.41 Å². The Morgan fingerprint density at radius 1 is 1.06 bits per heavy atom. The average Bonchev–Trinajstić information content (AvgIpc) is 3.38. The zero-order valence-electron chi connectivity index (χ0n) is 18.1. The molecular weight excluding hydrogens is 382 g/mol. The minimum Gasteiger partial charge on any atom is -0.361 e. The van der Waals surface area contributed by atoms with Crippen molar-refractivity contribution in [3.05, 3.63) is 95.0 Å². The number of aryl methyl sites for hydroxylation is 1. The number of nitrogens with zero attached hydrogens (tertiary/aromatic N) is 3. The van der Waals surface area contributed by atoms with Crippen molar-refractivity contribution in [1.29, 1.82) is 0 Å². The summed E-state index contributed by atoms with van der Waals surface area (Å²) < 4.78 is 7.95. The summed E-state index contributed by atoms with van der Waals surface area (Å²) in [6, 6.07) is 21.5. The predicted octanol–water partition coefficient (Wildman–Crippen LogP) is 5.48. The normalized spacial score (nSPS) is 24.3. The molecule has 2 aromatic carbocycles. The van der Waals surface area contributed by atoms with E-state index in [1.165, 1.54) is 33.6 Å². The first-order valence-corrected chi connectivity index (χ1v) is 11.2. The largest absolute Gasteiger partial charge is 0.361 e. The van der Waals surface area contributed by atoms with Crippen LogP contribution in [0.2, 0.25) is 0 Å². The lowest BCUT2D eigenvalue weighted by Gasteiger charge is -2.47. The van der Waals surface area contributed by atoms with Crippen LogP contribution in [0.4, 0.5) is 0 Å². The van der Waals surface area contributed by atoms with E-state index in [0.29, 0.717) is 11.8 Å². The van der Waals surface area contributed by atoms with Crippen LogP contribution < -0.4 is 0 Å². The van der Waals surface area contributed by atoms with Gasteiger partial charge in [-0.2, -0.15) is 5.10 Å². The van der Waals surface area contributed by atoms with Crippen LogP contribution >= 0.6 is 0 Å². The van der Waals surface area contributed by atoms with Gasteiger partial charge in [0, 0.05) is 35.1 Å². The van der Waals surface area contributed by atoms with E-state index >= 15 is 0 Å². The molecule has 0 N–H and O–H groups in total. The monoisotopic (exact) mass is 409 g/mol. The Morgan fingerprint density at radius 2 is 1.81 bits per heavy atom. The van der Waals surface area contributed by atoms with E-state index in [9.17, 15) is 0 Å². The second-order valence-electron chi connectivity index (χ2n) is 9.42. The van der Waals surface area contributed by atoms with Crippen LogP contribution in [0.3, 0.4) is 0 Å². The van der Waals surface area contributed by atoms with E-state index in [1.54, 1.807) is 0 Å². The standard InChI is InChI=1S/C27H27N3O/c1-27-16-20-17-28-31-25(20)22(15-18-9-5-3-6-10-18)23(27)14-13-21-24(30(2)29-26(21)27)19-11-7-4-8-12-19/h3-12,17,22-23H,13-16H2,1-2H3/t22-,23-,27-/m0/s1. The fraction of sp³-hybridized carbons (Fsp3) is 0.333. The number of rotatable bonds is 3. The van der Waals surface area contributed by atoms with Crippen molar-refractivity contribution in [1.82, 2.24) is 14.9 Å². The third-order valence-electron chi connectivity index (χ3n) is 7.61. The Morgan fingerprint density at radius 3 is 2.58 bits per heavy atom. The summed E-state index contributed by atoms with van der Waals surface area (Å²) in [4.78, 5) is 0. The number of benzene rings is 2. The van der Waals surface area contributed by atoms with Crippen LogP contribution in [-0.4, -0.2) is 14.9 Å². The molecule has 0 amide bonds. The topological polar surface area (TPSA) is 43.9 Å². The van der Waals surface area contributed by atoms with E-state index in [2.05, 4.69) is 84.5 Å². The lowest BCUT2D eigenvalue weighted by Crippen LogP contribution is -2.45. The van der Waals surface area contributed by atoms with Gasteiger partial charge in [-0.05, 0) is 37.2 Å². The summed E-state index contributed by atoms with van der Waals surface area (Å²) in [6.45, 7) is 2.42. The molecule has 31 heavy (non-hydrogen) atoms. The van der Waals surface area contributed by atoms with Crippen molar-refractivity contribution in [3.8, 4) is 11.3 Å². The molecule has 6 rings (SSSR count). The van der Waals surface area contributed by atoms with Gasteiger partial charge < -0.3 is 4.52 Å². The lowest BCUT2D eigenvalue weighted by molar-refractivity contribution is 0.162. The third kappa shape index (κ3) is 2.81. The van der Waals surface area contributed by atoms with Crippen molar-refractivity contribution in [2.75, 3.05) is 0 Å². The van der Waals surface area contributed by atoms with Gasteiger partial charge >= 0.3 is 0 Å². The molecule has 2 heterocycles. The molecule has 3 atom stereocenters. The van der Waals surface area contributed by atoms with Crippen LogP contribution in [0.15, 0.2) is 71.4 Å². The summed E-state index contributed by atoms with van der Waals surface area (Å²) in [5.74, 6) is 1.90. The maximum absolute atomic E-state index is 5.85. The van der Waals surface area contributed by atoms with Crippen LogP contribution in [0.5, 0.6) is 0 Å². The van der Waals surface area contributed by atoms with Crippen LogP contribution in [0.1, 0.15) is 47.4 Å². The highest BCUT2D eigenvalue weighted by atomic mass is 16.5. The fourth-order valence-electron chi connectivity index (χ4n) is 6.26. The minimum absolute atomic E-state index is 0.0175. The quantitative estimate of drug-likeness (QED) is 0.450. The van der Waals surface area contributed by atoms with Crippen LogP contribution in [0.25, 0.3) is 11.3 Å². The molecule has 2 aliphatic carbocycles. The first-order valence-electron chi connectivity index (χ1n) is 11.2. The predicted molar refractivity (Wildman–Crippen MR) is 121 cm³/mol. The van der Waals surface area contributed by atoms with Gasteiger partial charge in [0.1, 0.15) is 5.76 Å². The Kier molecular flexibility index (Phi) is 4.17. The van der Waals surface area contributed by atoms with Gasteiger partial charge in [-0.25, -0.2) is 0 Å². The van der Waals surface area contributed by atoms with Crippen molar-refractivity contribution in [2.24, 2.45) is 13.0 Å². The molecule has 4 aromatic rings. The maximum Gasteiger partial charge on any atom is 0.143 e. The number of fused-ring (bicyclic) bond motifs is 4. The third-order valence-corrected chi connectivity index (χ3v) is 7.61. The summed E-state index contributed by atoms with van der Waals surface area (Å²) >= 11 is 0. The van der Waals surface area contributed by atoms with Crippen molar-refractivity contribution in [2.45, 2.75) is 43.9 Å². The van der Waals surface area contributed by atoms with Crippen LogP contribution in [0, 0.1) is 5.92 Å². The number of aromatic nitrogens is 3.